The van der Waals surface area contributed by atoms with E-state index in [1.165, 1.54) is 5.56 Å². The van der Waals surface area contributed by atoms with E-state index in [4.69, 9.17) is 22.3 Å². The van der Waals surface area contributed by atoms with Crippen LogP contribution in [0.1, 0.15) is 23.2 Å². The van der Waals surface area contributed by atoms with E-state index in [-0.39, 0.29) is 6.61 Å². The van der Waals surface area contributed by atoms with E-state index < -0.39 is 11.8 Å². The summed E-state index contributed by atoms with van der Waals surface area (Å²) in [4.78, 5) is 16.2. The Hall–Kier alpha value is -2.89. The van der Waals surface area contributed by atoms with Gasteiger partial charge in [-0.15, -0.1) is 0 Å². The summed E-state index contributed by atoms with van der Waals surface area (Å²) in [7, 11) is 0. The number of nitrogens with one attached hydrogen (secondary N) is 1. The molecule has 5 nitrogen and oxygen atoms in total. The summed E-state index contributed by atoms with van der Waals surface area (Å²) in [5, 5.41) is 13.5. The van der Waals surface area contributed by atoms with Crippen LogP contribution in [0, 0.1) is 5.92 Å². The molecule has 0 saturated carbocycles. The molecular weight excluding hydrogens is 398 g/mol. The lowest BCUT2D eigenvalue weighted by Crippen LogP contribution is -2.27. The van der Waals surface area contributed by atoms with Gasteiger partial charge in [0.05, 0.1) is 18.2 Å². The Morgan fingerprint density at radius 2 is 1.97 bits per heavy atom. The van der Waals surface area contributed by atoms with Gasteiger partial charge in [-0.05, 0) is 67.1 Å². The first kappa shape index (κ1) is 20.4. The summed E-state index contributed by atoms with van der Waals surface area (Å²) in [5.41, 5.74) is 12.6. The van der Waals surface area contributed by atoms with Crippen molar-refractivity contribution in [2.45, 2.75) is 25.7 Å². The minimum Gasteiger partial charge on any atom is -0.396 e. The smallest absolute Gasteiger partial charge is 0.223 e. The molecule has 3 aromatic rings. The van der Waals surface area contributed by atoms with E-state index in [2.05, 4.69) is 11.4 Å². The first-order valence-corrected chi connectivity index (χ1v) is 10.5. The van der Waals surface area contributed by atoms with Crippen LogP contribution in [0.4, 0.5) is 11.4 Å². The third-order valence-electron chi connectivity index (χ3n) is 5.51. The number of halogens is 1. The van der Waals surface area contributed by atoms with E-state index in [0.717, 1.165) is 53.2 Å². The van der Waals surface area contributed by atoms with Crippen LogP contribution in [0.25, 0.3) is 11.3 Å². The first-order chi connectivity index (χ1) is 14.5. The van der Waals surface area contributed by atoms with Gasteiger partial charge in [0.2, 0.25) is 5.91 Å². The number of amides is 1. The highest BCUT2D eigenvalue weighted by atomic mass is 35.5. The number of carbonyl (C=O) groups is 1. The molecule has 1 aliphatic carbocycles. The Morgan fingerprint density at radius 3 is 2.67 bits per heavy atom. The number of aromatic nitrogens is 1. The molecule has 0 aliphatic heterocycles. The van der Waals surface area contributed by atoms with E-state index in [9.17, 15) is 9.90 Å². The molecular formula is C24H24ClN3O2. The summed E-state index contributed by atoms with van der Waals surface area (Å²) in [6.07, 6.45) is 3.52. The second kappa shape index (κ2) is 8.86. The normalized spacial score (nSPS) is 13.7. The standard InChI is InChI=1S/C24H24ClN3O2/c25-18-4-1-3-16(12-18)22-13-23(20-5-2-6-21(20)28-22)27-19-9-7-15(8-10-19)11-17(14-29)24(26)30/h1,3-4,7-10,12-13,17,29H,2,5-6,11,14H2,(H2,26,30)(H,27,28). The van der Waals surface area contributed by atoms with Crippen LogP contribution < -0.4 is 11.1 Å². The molecule has 0 bridgehead atoms. The largest absolute Gasteiger partial charge is 0.396 e. The van der Waals surface area contributed by atoms with Gasteiger partial charge in [-0.25, -0.2) is 0 Å². The molecule has 1 amide bonds. The first-order valence-electron chi connectivity index (χ1n) is 10.1. The number of aryl methyl sites for hydroxylation is 1. The molecule has 30 heavy (non-hydrogen) atoms. The predicted octanol–water partition coefficient (Wildman–Crippen LogP) is 4.27. The van der Waals surface area contributed by atoms with Crippen LogP contribution >= 0.6 is 11.6 Å². The van der Waals surface area contributed by atoms with Crippen molar-refractivity contribution in [1.29, 1.82) is 0 Å². The Kier molecular flexibility index (Phi) is 6.02. The number of hydrogen-bond acceptors (Lipinski definition) is 4. The molecule has 0 spiro atoms. The van der Waals surface area contributed by atoms with E-state index in [1.54, 1.807) is 0 Å². The van der Waals surface area contributed by atoms with Gasteiger partial charge in [0.1, 0.15) is 0 Å². The fourth-order valence-corrected chi connectivity index (χ4v) is 4.06. The van der Waals surface area contributed by atoms with Gasteiger partial charge in [0.15, 0.2) is 0 Å². The van der Waals surface area contributed by atoms with Gasteiger partial charge in [0.25, 0.3) is 0 Å². The molecule has 1 aliphatic rings. The van der Waals surface area contributed by atoms with Crippen molar-refractivity contribution in [2.24, 2.45) is 11.7 Å². The van der Waals surface area contributed by atoms with Crippen LogP contribution in [0.15, 0.2) is 54.6 Å². The summed E-state index contributed by atoms with van der Waals surface area (Å²) in [6, 6.07) is 17.7. The molecule has 0 radical (unpaired) electrons. The summed E-state index contributed by atoms with van der Waals surface area (Å²) < 4.78 is 0. The number of fused-ring (bicyclic) bond motifs is 1. The van der Waals surface area contributed by atoms with E-state index in [1.807, 2.05) is 48.5 Å². The molecule has 4 rings (SSSR count). The van der Waals surface area contributed by atoms with Gasteiger partial charge >= 0.3 is 0 Å². The Labute approximate surface area is 180 Å². The number of primary amides is 1. The fourth-order valence-electron chi connectivity index (χ4n) is 3.87. The number of aliphatic hydroxyl groups is 1. The summed E-state index contributed by atoms with van der Waals surface area (Å²) in [6.45, 7) is -0.245. The lowest BCUT2D eigenvalue weighted by atomic mass is 9.99. The van der Waals surface area contributed by atoms with Crippen LogP contribution in [0.2, 0.25) is 5.02 Å². The quantitative estimate of drug-likeness (QED) is 0.531. The van der Waals surface area contributed by atoms with Gasteiger partial charge < -0.3 is 16.2 Å². The maximum Gasteiger partial charge on any atom is 0.223 e. The highest BCUT2D eigenvalue weighted by Gasteiger charge is 2.19. The molecule has 6 heteroatoms. The number of aliphatic hydroxyl groups excluding tert-OH is 1. The van der Waals surface area contributed by atoms with Crippen molar-refractivity contribution < 1.29 is 9.90 Å². The Bertz CT molecular complexity index is 1070. The van der Waals surface area contributed by atoms with Crippen LogP contribution in [0.5, 0.6) is 0 Å². The van der Waals surface area contributed by atoms with Crippen molar-refractivity contribution in [3.63, 3.8) is 0 Å². The predicted molar refractivity (Wildman–Crippen MR) is 120 cm³/mol. The lowest BCUT2D eigenvalue weighted by molar-refractivity contribution is -0.122. The zero-order chi connectivity index (χ0) is 21.1. The van der Waals surface area contributed by atoms with Crippen LogP contribution in [-0.4, -0.2) is 22.6 Å². The Morgan fingerprint density at radius 1 is 1.17 bits per heavy atom. The van der Waals surface area contributed by atoms with Gasteiger partial charge in [-0.1, -0.05) is 35.9 Å². The zero-order valence-corrected chi connectivity index (χ0v) is 17.3. The van der Waals surface area contributed by atoms with Crippen LogP contribution in [-0.2, 0) is 24.1 Å². The number of nitrogens with two attached hydrogens (primary N) is 1. The lowest BCUT2D eigenvalue weighted by Gasteiger charge is -2.15. The van der Waals surface area contributed by atoms with Crippen molar-refractivity contribution in [3.05, 3.63) is 76.4 Å². The van der Waals surface area contributed by atoms with Gasteiger partial charge in [-0.2, -0.15) is 0 Å². The third kappa shape index (κ3) is 4.48. The van der Waals surface area contributed by atoms with E-state index in [0.29, 0.717) is 11.4 Å². The topological polar surface area (TPSA) is 88.2 Å². The van der Waals surface area contributed by atoms with Crippen molar-refractivity contribution in [2.75, 3.05) is 11.9 Å². The highest BCUT2D eigenvalue weighted by molar-refractivity contribution is 6.30. The monoisotopic (exact) mass is 421 g/mol. The minimum absolute atomic E-state index is 0.245. The number of hydrogen-bond donors (Lipinski definition) is 3. The number of rotatable bonds is 7. The molecule has 1 aromatic heterocycles. The van der Waals surface area contributed by atoms with Gasteiger partial charge in [-0.3, -0.25) is 9.78 Å². The third-order valence-corrected chi connectivity index (χ3v) is 5.74. The number of anilines is 2. The van der Waals surface area contributed by atoms with Crippen molar-refractivity contribution in [3.8, 4) is 11.3 Å². The van der Waals surface area contributed by atoms with Crippen molar-refractivity contribution >= 4 is 28.9 Å². The van der Waals surface area contributed by atoms with Gasteiger partial charge in [0, 0.05) is 27.7 Å². The molecule has 1 atom stereocenters. The average molecular weight is 422 g/mol. The number of benzene rings is 2. The molecule has 1 unspecified atom stereocenters. The molecule has 0 fully saturated rings. The van der Waals surface area contributed by atoms with E-state index >= 15 is 0 Å². The zero-order valence-electron chi connectivity index (χ0n) is 16.6. The summed E-state index contributed by atoms with van der Waals surface area (Å²) >= 11 is 6.17. The Balaban J connectivity index is 1.59. The second-order valence-electron chi connectivity index (χ2n) is 7.65. The maximum absolute atomic E-state index is 11.4. The molecule has 1 heterocycles. The number of nitrogens with zero attached hydrogens (tertiary/aromatic N) is 1. The average Bonchev–Trinajstić information content (AvgIpc) is 3.22. The summed E-state index contributed by atoms with van der Waals surface area (Å²) in [5.74, 6) is -1.05. The molecule has 154 valence electrons. The van der Waals surface area contributed by atoms with Crippen molar-refractivity contribution in [1.82, 2.24) is 4.98 Å². The number of carbonyl (C=O) groups excluding carboxylic acids is 1. The van der Waals surface area contributed by atoms with Crippen LogP contribution in [0.3, 0.4) is 0 Å². The molecule has 2 aromatic carbocycles. The molecule has 4 N–H and O–H groups in total. The minimum atomic E-state index is -0.562. The SMILES string of the molecule is NC(=O)C(CO)Cc1ccc(Nc2cc(-c3cccc(Cl)c3)nc3c2CCC3)cc1. The fraction of sp³-hybridized carbons (Fsp3) is 0.250. The number of pyridine rings is 1. The second-order valence-corrected chi connectivity index (χ2v) is 8.09. The molecule has 0 saturated heterocycles. The maximum atomic E-state index is 11.4. The highest BCUT2D eigenvalue weighted by Crippen LogP contribution is 2.34.